The van der Waals surface area contributed by atoms with Crippen molar-refractivity contribution in [3.8, 4) is 0 Å². The van der Waals surface area contributed by atoms with Crippen LogP contribution in [-0.2, 0) is 11.3 Å². The number of hydrogen-bond donors (Lipinski definition) is 3. The molecule has 2 heterocycles. The fourth-order valence-corrected chi connectivity index (χ4v) is 3.16. The van der Waals surface area contributed by atoms with Gasteiger partial charge in [0.25, 0.3) is 5.91 Å². The molecule has 0 aliphatic heterocycles. The number of anilines is 3. The quantitative estimate of drug-likeness (QED) is 0.428. The Morgan fingerprint density at radius 2 is 1.66 bits per heavy atom. The summed E-state index contributed by atoms with van der Waals surface area (Å²) in [6.45, 7) is 3.78. The minimum absolute atomic E-state index is 0.169. The van der Waals surface area contributed by atoms with Gasteiger partial charge < -0.3 is 16.0 Å². The van der Waals surface area contributed by atoms with Crippen LogP contribution in [0.15, 0.2) is 60.8 Å². The van der Waals surface area contributed by atoms with E-state index in [-0.39, 0.29) is 23.3 Å². The number of fused-ring (bicyclic) bond motifs is 1. The summed E-state index contributed by atoms with van der Waals surface area (Å²) >= 11 is 0. The monoisotopic (exact) mass is 432 g/mol. The van der Waals surface area contributed by atoms with Gasteiger partial charge in [-0.15, -0.1) is 5.10 Å². The Morgan fingerprint density at radius 3 is 2.31 bits per heavy atom. The topological polar surface area (TPSA) is 100 Å². The number of nitrogens with one attached hydrogen (secondary N) is 3. The summed E-state index contributed by atoms with van der Waals surface area (Å²) in [7, 11) is 0. The summed E-state index contributed by atoms with van der Waals surface area (Å²) in [6.07, 6.45) is 1.46. The maximum absolute atomic E-state index is 13.1. The molecule has 0 fully saturated rings. The zero-order valence-electron chi connectivity index (χ0n) is 17.5. The van der Waals surface area contributed by atoms with Gasteiger partial charge in [-0.05, 0) is 60.5 Å². The average Bonchev–Trinajstić information content (AvgIpc) is 3.17. The first-order valence-corrected chi connectivity index (χ1v) is 9.92. The van der Waals surface area contributed by atoms with E-state index in [0.717, 1.165) is 11.1 Å². The van der Waals surface area contributed by atoms with Crippen molar-refractivity contribution >= 4 is 34.7 Å². The van der Waals surface area contributed by atoms with E-state index in [2.05, 4.69) is 26.0 Å². The molecule has 0 bridgehead atoms. The first-order chi connectivity index (χ1) is 15.4. The van der Waals surface area contributed by atoms with Crippen LogP contribution in [0.1, 0.15) is 28.5 Å². The first kappa shape index (κ1) is 21.0. The van der Waals surface area contributed by atoms with Gasteiger partial charge in [-0.2, -0.15) is 0 Å². The fourth-order valence-electron chi connectivity index (χ4n) is 3.16. The molecule has 0 atom stereocenters. The molecular formula is C23H21FN6O2. The van der Waals surface area contributed by atoms with Crippen LogP contribution in [0.4, 0.5) is 21.6 Å². The van der Waals surface area contributed by atoms with Crippen LogP contribution >= 0.6 is 0 Å². The number of nitrogens with zero attached hydrogens (tertiary/aromatic N) is 3. The standard InChI is InChI=1S/C23H21FN6O2/c1-14-11-21-25-13-20(23(32)28-19-9-7-18(8-10-19)27-15(2)31)30(21)29-22(14)26-12-16-3-5-17(24)6-4-16/h3-11,13H,12H2,1-2H3,(H,26,29)(H,27,31)(H,28,32). The van der Waals surface area contributed by atoms with Crippen LogP contribution in [0.2, 0.25) is 0 Å². The summed E-state index contributed by atoms with van der Waals surface area (Å²) in [4.78, 5) is 28.2. The van der Waals surface area contributed by atoms with E-state index in [1.54, 1.807) is 36.4 Å². The summed E-state index contributed by atoms with van der Waals surface area (Å²) in [5.41, 5.74) is 3.79. The van der Waals surface area contributed by atoms with Gasteiger partial charge in [0, 0.05) is 24.8 Å². The van der Waals surface area contributed by atoms with Gasteiger partial charge in [0.2, 0.25) is 5.91 Å². The normalized spacial score (nSPS) is 10.7. The Morgan fingerprint density at radius 1 is 1.00 bits per heavy atom. The number of rotatable bonds is 6. The molecule has 0 aliphatic carbocycles. The number of aromatic nitrogens is 3. The predicted octanol–water partition coefficient (Wildman–Crippen LogP) is 4.00. The van der Waals surface area contributed by atoms with E-state index in [4.69, 9.17) is 0 Å². The maximum atomic E-state index is 13.1. The minimum atomic E-state index is -0.370. The Bertz CT molecular complexity index is 1280. The molecule has 0 spiro atoms. The van der Waals surface area contributed by atoms with Gasteiger partial charge in [-0.3, -0.25) is 9.59 Å². The number of hydrogen-bond acceptors (Lipinski definition) is 5. The van der Waals surface area contributed by atoms with E-state index in [9.17, 15) is 14.0 Å². The number of amides is 2. The van der Waals surface area contributed by atoms with Crippen molar-refractivity contribution < 1.29 is 14.0 Å². The molecule has 162 valence electrons. The van der Waals surface area contributed by atoms with Crippen LogP contribution in [0, 0.1) is 12.7 Å². The van der Waals surface area contributed by atoms with Crippen molar-refractivity contribution in [2.45, 2.75) is 20.4 Å². The summed E-state index contributed by atoms with van der Waals surface area (Å²) < 4.78 is 14.6. The number of carbonyl (C=O) groups excluding carboxylic acids is 2. The van der Waals surface area contributed by atoms with Crippen molar-refractivity contribution in [1.82, 2.24) is 14.6 Å². The third-order valence-corrected chi connectivity index (χ3v) is 4.75. The molecule has 9 heteroatoms. The largest absolute Gasteiger partial charge is 0.364 e. The van der Waals surface area contributed by atoms with E-state index in [1.165, 1.54) is 29.8 Å². The second-order valence-electron chi connectivity index (χ2n) is 7.28. The van der Waals surface area contributed by atoms with E-state index in [0.29, 0.717) is 29.4 Å². The van der Waals surface area contributed by atoms with E-state index >= 15 is 0 Å². The lowest BCUT2D eigenvalue weighted by atomic mass is 10.2. The lowest BCUT2D eigenvalue weighted by Crippen LogP contribution is -2.16. The number of imidazole rings is 1. The molecule has 4 aromatic rings. The van der Waals surface area contributed by atoms with E-state index < -0.39 is 0 Å². The molecule has 0 unspecified atom stereocenters. The smallest absolute Gasteiger partial charge is 0.276 e. The van der Waals surface area contributed by atoms with Gasteiger partial charge in [0.05, 0.1) is 6.20 Å². The Hall–Kier alpha value is -4.27. The highest BCUT2D eigenvalue weighted by atomic mass is 19.1. The highest BCUT2D eigenvalue weighted by molar-refractivity contribution is 6.03. The third-order valence-electron chi connectivity index (χ3n) is 4.75. The van der Waals surface area contributed by atoms with Gasteiger partial charge in [-0.1, -0.05) is 12.1 Å². The van der Waals surface area contributed by atoms with Crippen molar-refractivity contribution in [3.63, 3.8) is 0 Å². The van der Waals surface area contributed by atoms with Crippen LogP contribution in [0.25, 0.3) is 5.65 Å². The molecule has 2 aromatic carbocycles. The Kier molecular flexibility index (Phi) is 5.80. The molecule has 8 nitrogen and oxygen atoms in total. The van der Waals surface area contributed by atoms with Gasteiger partial charge in [0.15, 0.2) is 11.3 Å². The third kappa shape index (κ3) is 4.72. The zero-order chi connectivity index (χ0) is 22.7. The number of benzene rings is 2. The van der Waals surface area contributed by atoms with Gasteiger partial charge in [0.1, 0.15) is 11.6 Å². The molecule has 4 rings (SSSR count). The molecule has 2 amide bonds. The molecule has 0 saturated heterocycles. The highest BCUT2D eigenvalue weighted by Gasteiger charge is 2.15. The molecule has 2 aromatic heterocycles. The number of aryl methyl sites for hydroxylation is 1. The second-order valence-corrected chi connectivity index (χ2v) is 7.28. The number of halogens is 1. The maximum Gasteiger partial charge on any atom is 0.276 e. The summed E-state index contributed by atoms with van der Waals surface area (Å²) in [5, 5.41) is 13.2. The Labute approximate surface area is 183 Å². The second kappa shape index (κ2) is 8.84. The van der Waals surface area contributed by atoms with Crippen molar-refractivity contribution in [2.24, 2.45) is 0 Å². The number of carbonyl (C=O) groups is 2. The Balaban J connectivity index is 1.52. The van der Waals surface area contributed by atoms with Gasteiger partial charge in [-0.25, -0.2) is 13.9 Å². The lowest BCUT2D eigenvalue weighted by Gasteiger charge is -2.10. The molecular weight excluding hydrogens is 411 g/mol. The summed E-state index contributed by atoms with van der Waals surface area (Å²) in [5.74, 6) is -0.236. The van der Waals surface area contributed by atoms with Crippen LogP contribution in [0.3, 0.4) is 0 Å². The molecule has 0 aliphatic rings. The molecule has 0 saturated carbocycles. The fraction of sp³-hybridized carbons (Fsp3) is 0.130. The summed E-state index contributed by atoms with van der Waals surface area (Å²) in [6, 6.07) is 14.8. The zero-order valence-corrected chi connectivity index (χ0v) is 17.5. The lowest BCUT2D eigenvalue weighted by molar-refractivity contribution is -0.114. The SMILES string of the molecule is CC(=O)Nc1ccc(NC(=O)c2cnc3cc(C)c(NCc4ccc(F)cc4)nn23)cc1. The molecule has 32 heavy (non-hydrogen) atoms. The van der Waals surface area contributed by atoms with Crippen LogP contribution in [-0.4, -0.2) is 26.4 Å². The van der Waals surface area contributed by atoms with Crippen LogP contribution in [0.5, 0.6) is 0 Å². The van der Waals surface area contributed by atoms with Crippen molar-refractivity contribution in [1.29, 1.82) is 0 Å². The molecule has 0 radical (unpaired) electrons. The first-order valence-electron chi connectivity index (χ1n) is 9.92. The van der Waals surface area contributed by atoms with Crippen molar-refractivity contribution in [3.05, 3.63) is 83.4 Å². The predicted molar refractivity (Wildman–Crippen MR) is 120 cm³/mol. The highest BCUT2D eigenvalue weighted by Crippen LogP contribution is 2.18. The van der Waals surface area contributed by atoms with Crippen molar-refractivity contribution in [2.75, 3.05) is 16.0 Å². The van der Waals surface area contributed by atoms with E-state index in [1.807, 2.05) is 13.0 Å². The minimum Gasteiger partial charge on any atom is -0.364 e. The van der Waals surface area contributed by atoms with Gasteiger partial charge >= 0.3 is 0 Å². The molecule has 3 N–H and O–H groups in total. The van der Waals surface area contributed by atoms with Crippen LogP contribution < -0.4 is 16.0 Å². The average molecular weight is 432 g/mol.